The van der Waals surface area contributed by atoms with Gasteiger partial charge in [0.25, 0.3) is 0 Å². The van der Waals surface area contributed by atoms with Crippen LogP contribution in [-0.4, -0.2) is 12.8 Å². The van der Waals surface area contributed by atoms with E-state index in [0.29, 0.717) is 12.1 Å². The third-order valence-electron chi connectivity index (χ3n) is 5.00. The Labute approximate surface area is 154 Å². The molecule has 0 atom stereocenters. The molecule has 1 heterocycles. The van der Waals surface area contributed by atoms with Gasteiger partial charge in [-0.2, -0.15) is 0 Å². The summed E-state index contributed by atoms with van der Waals surface area (Å²) in [6, 6.07) is 16.5. The van der Waals surface area contributed by atoms with Gasteiger partial charge in [0.05, 0.1) is 24.2 Å². The first kappa shape index (κ1) is 16.4. The highest BCUT2D eigenvalue weighted by Crippen LogP contribution is 2.33. The second-order valence-electron chi connectivity index (χ2n) is 6.70. The summed E-state index contributed by atoms with van der Waals surface area (Å²) in [5.41, 5.74) is 14.7. The second-order valence-corrected chi connectivity index (χ2v) is 6.70. The van der Waals surface area contributed by atoms with Crippen molar-refractivity contribution in [2.45, 2.75) is 19.3 Å². The third kappa shape index (κ3) is 2.97. The molecule has 1 aliphatic carbocycles. The van der Waals surface area contributed by atoms with Crippen LogP contribution in [0.15, 0.2) is 88.7 Å². The summed E-state index contributed by atoms with van der Waals surface area (Å²) < 4.78 is 5.38. The van der Waals surface area contributed by atoms with Gasteiger partial charge in [-0.25, -0.2) is 0 Å². The van der Waals surface area contributed by atoms with E-state index in [1.165, 1.54) is 16.7 Å². The first-order valence-electron chi connectivity index (χ1n) is 8.84. The van der Waals surface area contributed by atoms with Gasteiger partial charge in [-0.1, -0.05) is 36.9 Å². The maximum Gasteiger partial charge on any atom is 0.119 e. The molecule has 0 radical (unpaired) electrons. The zero-order valence-electron chi connectivity index (χ0n) is 15.0. The van der Waals surface area contributed by atoms with Gasteiger partial charge in [-0.15, -0.1) is 0 Å². The van der Waals surface area contributed by atoms with Crippen molar-refractivity contribution in [1.82, 2.24) is 0 Å². The Bertz CT molecular complexity index is 965. The van der Waals surface area contributed by atoms with Gasteiger partial charge >= 0.3 is 0 Å². The number of nitrogens with zero attached hydrogens (tertiary/aromatic N) is 1. The van der Waals surface area contributed by atoms with Gasteiger partial charge in [0, 0.05) is 12.0 Å². The Morgan fingerprint density at radius 1 is 1.12 bits per heavy atom. The first-order valence-corrected chi connectivity index (χ1v) is 8.84. The van der Waals surface area contributed by atoms with Gasteiger partial charge in [0.2, 0.25) is 0 Å². The van der Waals surface area contributed by atoms with Crippen LogP contribution in [0.5, 0.6) is 5.75 Å². The van der Waals surface area contributed by atoms with Gasteiger partial charge in [-0.05, 0) is 59.4 Å². The molecule has 0 unspecified atom stereocenters. The number of nitrogens with two attached hydrogens (primary N) is 1. The third-order valence-corrected chi connectivity index (χ3v) is 5.00. The van der Waals surface area contributed by atoms with Crippen LogP contribution in [0, 0.1) is 0 Å². The van der Waals surface area contributed by atoms with E-state index in [0.717, 1.165) is 41.1 Å². The smallest absolute Gasteiger partial charge is 0.119 e. The average molecular weight is 342 g/mol. The van der Waals surface area contributed by atoms with Crippen molar-refractivity contribution in [2.75, 3.05) is 7.11 Å². The van der Waals surface area contributed by atoms with Crippen LogP contribution in [0.4, 0.5) is 0 Å². The molecule has 0 aromatic heterocycles. The molecule has 2 aromatic carbocycles. The fourth-order valence-electron chi connectivity index (χ4n) is 3.56. The summed E-state index contributed by atoms with van der Waals surface area (Å²) in [6.07, 6.45) is 4.70. The SMILES string of the molecule is C=C1C=C2CCc3cc(OC)ccc3C2=NC(Cc2ccccc2)=C1N. The van der Waals surface area contributed by atoms with Crippen LogP contribution in [-0.2, 0) is 12.8 Å². The maximum atomic E-state index is 6.40. The predicted octanol–water partition coefficient (Wildman–Crippen LogP) is 4.34. The fourth-order valence-corrected chi connectivity index (χ4v) is 3.56. The monoisotopic (exact) mass is 342 g/mol. The van der Waals surface area contributed by atoms with Crippen LogP contribution in [0.1, 0.15) is 23.1 Å². The van der Waals surface area contributed by atoms with E-state index in [-0.39, 0.29) is 0 Å². The van der Waals surface area contributed by atoms with Gasteiger partial charge < -0.3 is 10.5 Å². The largest absolute Gasteiger partial charge is 0.497 e. The molecule has 130 valence electrons. The molecule has 3 heteroatoms. The van der Waals surface area contributed by atoms with Gasteiger partial charge in [-0.3, -0.25) is 4.99 Å². The summed E-state index contributed by atoms with van der Waals surface area (Å²) in [5, 5.41) is 0. The Hall–Kier alpha value is -3.07. The molecule has 1 aliphatic heterocycles. The van der Waals surface area contributed by atoms with Crippen LogP contribution < -0.4 is 10.5 Å². The van der Waals surface area contributed by atoms with Gasteiger partial charge in [0.1, 0.15) is 5.75 Å². The number of ether oxygens (including phenoxy) is 1. The molecule has 0 amide bonds. The zero-order chi connectivity index (χ0) is 18.1. The van der Waals surface area contributed by atoms with E-state index in [2.05, 4.69) is 36.9 Å². The normalized spacial score (nSPS) is 16.3. The molecule has 2 aromatic rings. The highest BCUT2D eigenvalue weighted by atomic mass is 16.5. The number of allylic oxidation sites excluding steroid dienone is 3. The number of aliphatic imine (C=N–C) groups is 1. The predicted molar refractivity (Wildman–Crippen MR) is 106 cm³/mol. The lowest BCUT2D eigenvalue weighted by Crippen LogP contribution is -2.15. The lowest BCUT2D eigenvalue weighted by molar-refractivity contribution is 0.414. The molecule has 26 heavy (non-hydrogen) atoms. The van der Waals surface area contributed by atoms with Crippen molar-refractivity contribution < 1.29 is 4.74 Å². The average Bonchev–Trinajstić information content (AvgIpc) is 2.79. The summed E-state index contributed by atoms with van der Waals surface area (Å²) in [6.45, 7) is 4.17. The maximum absolute atomic E-state index is 6.40. The van der Waals surface area contributed by atoms with Gasteiger partial charge in [0.15, 0.2) is 0 Å². The Morgan fingerprint density at radius 3 is 2.69 bits per heavy atom. The van der Waals surface area contributed by atoms with Crippen molar-refractivity contribution in [3.05, 3.63) is 100 Å². The highest BCUT2D eigenvalue weighted by molar-refractivity contribution is 6.15. The molecule has 4 rings (SSSR count). The van der Waals surface area contributed by atoms with Crippen molar-refractivity contribution >= 4 is 5.71 Å². The van der Waals surface area contributed by atoms with E-state index < -0.39 is 0 Å². The number of hydrogen-bond acceptors (Lipinski definition) is 3. The number of aryl methyl sites for hydroxylation is 1. The van der Waals surface area contributed by atoms with E-state index in [1.807, 2.05) is 24.3 Å². The molecule has 0 spiro atoms. The quantitative estimate of drug-likeness (QED) is 0.902. The molecule has 0 fully saturated rings. The number of hydrogen-bond donors (Lipinski definition) is 1. The molecule has 2 aliphatic rings. The van der Waals surface area contributed by atoms with Crippen LogP contribution >= 0.6 is 0 Å². The molecule has 0 bridgehead atoms. The van der Waals surface area contributed by atoms with Crippen molar-refractivity contribution in [3.63, 3.8) is 0 Å². The van der Waals surface area contributed by atoms with Crippen molar-refractivity contribution in [3.8, 4) is 5.75 Å². The van der Waals surface area contributed by atoms with E-state index in [9.17, 15) is 0 Å². The number of benzene rings is 2. The van der Waals surface area contributed by atoms with Crippen LogP contribution in [0.3, 0.4) is 0 Å². The lowest BCUT2D eigenvalue weighted by Gasteiger charge is -2.21. The van der Waals surface area contributed by atoms with E-state index in [1.54, 1.807) is 7.11 Å². The standard InChI is InChI=1S/C23H22N2O/c1-15-12-18-9-8-17-14-19(26-2)10-11-20(17)23(18)25-21(22(15)24)13-16-6-4-3-5-7-16/h3-7,10-12,14H,1,8-9,13,24H2,2H3. The molecule has 3 nitrogen and oxygen atoms in total. The minimum absolute atomic E-state index is 0.679. The minimum Gasteiger partial charge on any atom is -0.497 e. The van der Waals surface area contributed by atoms with Crippen molar-refractivity contribution in [2.24, 2.45) is 10.7 Å². The van der Waals surface area contributed by atoms with Crippen LogP contribution in [0.25, 0.3) is 0 Å². The minimum atomic E-state index is 0.679. The zero-order valence-corrected chi connectivity index (χ0v) is 15.0. The number of methoxy groups -OCH3 is 1. The Balaban J connectivity index is 1.81. The van der Waals surface area contributed by atoms with Crippen LogP contribution in [0.2, 0.25) is 0 Å². The fraction of sp³-hybridized carbons (Fsp3) is 0.174. The molecular weight excluding hydrogens is 320 g/mol. The Kier molecular flexibility index (Phi) is 4.21. The Morgan fingerprint density at radius 2 is 1.92 bits per heavy atom. The lowest BCUT2D eigenvalue weighted by atomic mass is 9.85. The molecule has 0 saturated carbocycles. The van der Waals surface area contributed by atoms with Crippen molar-refractivity contribution in [1.29, 1.82) is 0 Å². The summed E-state index contributed by atoms with van der Waals surface area (Å²) >= 11 is 0. The van der Waals surface area contributed by atoms with E-state index in [4.69, 9.17) is 15.5 Å². The summed E-state index contributed by atoms with van der Waals surface area (Å²) in [4.78, 5) is 5.02. The summed E-state index contributed by atoms with van der Waals surface area (Å²) in [5.74, 6) is 0.884. The van der Waals surface area contributed by atoms with E-state index >= 15 is 0 Å². The molecule has 2 N–H and O–H groups in total. The summed E-state index contributed by atoms with van der Waals surface area (Å²) in [7, 11) is 1.70. The second kappa shape index (κ2) is 6.68. The number of rotatable bonds is 3. The highest BCUT2D eigenvalue weighted by Gasteiger charge is 2.24. The molecule has 0 saturated heterocycles. The number of fused-ring (bicyclic) bond motifs is 3. The molecular formula is C23H22N2O. The first-order chi connectivity index (χ1) is 12.7. The topological polar surface area (TPSA) is 47.6 Å².